The van der Waals surface area contributed by atoms with Gasteiger partial charge in [0.15, 0.2) is 0 Å². The molecule has 1 N–H and O–H groups in total. The van der Waals surface area contributed by atoms with Crippen LogP contribution >= 0.6 is 11.3 Å². The minimum atomic E-state index is -0.0247. The standard InChI is InChI=1S/C23H28N2O2S/c1-17(2)22(20-9-6-16-28-20)24-23(27)19-12-14-25(15-13-19)21(26)11-10-18-7-4-3-5-8-18/h3-11,16-17,19,22H,12-15H2,1-2H3,(H,24,27)/b11-10+. The van der Waals surface area contributed by atoms with Gasteiger partial charge in [0.25, 0.3) is 0 Å². The highest BCUT2D eigenvalue weighted by atomic mass is 32.1. The van der Waals surface area contributed by atoms with E-state index in [1.165, 1.54) is 4.88 Å². The second kappa shape index (κ2) is 9.69. The molecule has 1 aliphatic rings. The van der Waals surface area contributed by atoms with Crippen LogP contribution in [0.15, 0.2) is 53.9 Å². The minimum Gasteiger partial charge on any atom is -0.348 e. The van der Waals surface area contributed by atoms with Crippen LogP contribution in [0.3, 0.4) is 0 Å². The Morgan fingerprint density at radius 1 is 1.11 bits per heavy atom. The van der Waals surface area contributed by atoms with Crippen LogP contribution in [0, 0.1) is 11.8 Å². The Balaban J connectivity index is 1.51. The van der Waals surface area contributed by atoms with Crippen molar-refractivity contribution in [2.45, 2.75) is 32.7 Å². The van der Waals surface area contributed by atoms with Gasteiger partial charge in [-0.25, -0.2) is 0 Å². The monoisotopic (exact) mass is 396 g/mol. The molecule has 0 aliphatic carbocycles. The molecular formula is C23H28N2O2S. The number of nitrogens with zero attached hydrogens (tertiary/aromatic N) is 1. The number of benzene rings is 1. The fourth-order valence-corrected chi connectivity index (χ4v) is 4.45. The van der Waals surface area contributed by atoms with Crippen molar-refractivity contribution in [1.29, 1.82) is 0 Å². The zero-order valence-corrected chi connectivity index (χ0v) is 17.3. The zero-order chi connectivity index (χ0) is 19.9. The van der Waals surface area contributed by atoms with E-state index >= 15 is 0 Å². The first-order valence-electron chi connectivity index (χ1n) is 9.90. The van der Waals surface area contributed by atoms with Crippen molar-refractivity contribution >= 4 is 29.2 Å². The number of hydrogen-bond acceptors (Lipinski definition) is 3. The van der Waals surface area contributed by atoms with Gasteiger partial charge in [-0.2, -0.15) is 0 Å². The van der Waals surface area contributed by atoms with Crippen LogP contribution in [-0.4, -0.2) is 29.8 Å². The Morgan fingerprint density at radius 2 is 1.82 bits per heavy atom. The van der Waals surface area contributed by atoms with Gasteiger partial charge in [-0.15, -0.1) is 11.3 Å². The highest BCUT2D eigenvalue weighted by Crippen LogP contribution is 2.27. The van der Waals surface area contributed by atoms with Gasteiger partial charge in [0, 0.05) is 30.0 Å². The Hall–Kier alpha value is -2.40. The highest BCUT2D eigenvalue weighted by molar-refractivity contribution is 7.10. The fraction of sp³-hybridized carbons (Fsp3) is 0.391. The van der Waals surface area contributed by atoms with Crippen molar-refractivity contribution in [1.82, 2.24) is 10.2 Å². The maximum Gasteiger partial charge on any atom is 0.246 e. The predicted octanol–water partition coefficient (Wildman–Crippen LogP) is 4.51. The van der Waals surface area contributed by atoms with Crippen molar-refractivity contribution < 1.29 is 9.59 Å². The topological polar surface area (TPSA) is 49.4 Å². The number of carbonyl (C=O) groups excluding carboxylic acids is 2. The third kappa shape index (κ3) is 5.32. The summed E-state index contributed by atoms with van der Waals surface area (Å²) in [6, 6.07) is 14.0. The quantitative estimate of drug-likeness (QED) is 0.730. The maximum absolute atomic E-state index is 12.8. The van der Waals surface area contributed by atoms with Crippen molar-refractivity contribution in [3.63, 3.8) is 0 Å². The van der Waals surface area contributed by atoms with Crippen molar-refractivity contribution in [3.8, 4) is 0 Å². The van der Waals surface area contributed by atoms with E-state index in [9.17, 15) is 9.59 Å². The van der Waals surface area contributed by atoms with Gasteiger partial charge in [-0.05, 0) is 41.8 Å². The molecule has 3 rings (SSSR count). The molecule has 5 heteroatoms. The fourth-order valence-electron chi connectivity index (χ4n) is 3.50. The van der Waals surface area contributed by atoms with Crippen molar-refractivity contribution in [3.05, 3.63) is 64.4 Å². The van der Waals surface area contributed by atoms with E-state index in [0.29, 0.717) is 31.8 Å². The van der Waals surface area contributed by atoms with Gasteiger partial charge in [0.1, 0.15) is 0 Å². The van der Waals surface area contributed by atoms with E-state index < -0.39 is 0 Å². The number of thiophene rings is 1. The van der Waals surface area contributed by atoms with E-state index in [1.807, 2.05) is 52.8 Å². The molecule has 1 fully saturated rings. The first-order valence-corrected chi connectivity index (χ1v) is 10.8. The Labute approximate surface area is 171 Å². The molecule has 2 heterocycles. The average Bonchev–Trinajstić information content (AvgIpc) is 3.25. The van der Waals surface area contributed by atoms with Crippen molar-refractivity contribution in [2.24, 2.45) is 11.8 Å². The van der Waals surface area contributed by atoms with Gasteiger partial charge >= 0.3 is 0 Å². The number of carbonyl (C=O) groups is 2. The predicted molar refractivity (Wildman–Crippen MR) is 115 cm³/mol. The number of piperidine rings is 1. The van der Waals surface area contributed by atoms with Gasteiger partial charge in [0.2, 0.25) is 11.8 Å². The van der Waals surface area contributed by atoms with Crippen molar-refractivity contribution in [2.75, 3.05) is 13.1 Å². The molecule has 148 valence electrons. The summed E-state index contributed by atoms with van der Waals surface area (Å²) in [5, 5.41) is 5.28. The molecule has 1 aromatic heterocycles. The largest absolute Gasteiger partial charge is 0.348 e. The van der Waals surface area contributed by atoms with Crippen LogP contribution in [-0.2, 0) is 9.59 Å². The lowest BCUT2D eigenvalue weighted by Gasteiger charge is -2.32. The molecule has 2 amide bonds. The SMILES string of the molecule is CC(C)C(NC(=O)C1CCN(C(=O)/C=C/c2ccccc2)CC1)c1cccs1. The molecule has 1 saturated heterocycles. The zero-order valence-electron chi connectivity index (χ0n) is 16.5. The molecule has 1 aliphatic heterocycles. The van der Waals surface area contributed by atoms with Crippen LogP contribution < -0.4 is 5.32 Å². The normalized spacial score (nSPS) is 16.5. The molecule has 4 nitrogen and oxygen atoms in total. The molecular weight excluding hydrogens is 368 g/mol. The van der Waals surface area contributed by atoms with Gasteiger partial charge in [-0.1, -0.05) is 50.2 Å². The first kappa shape index (κ1) is 20.3. The average molecular weight is 397 g/mol. The summed E-state index contributed by atoms with van der Waals surface area (Å²) in [5.41, 5.74) is 1.01. The molecule has 0 radical (unpaired) electrons. The maximum atomic E-state index is 12.8. The lowest BCUT2D eigenvalue weighted by molar-refractivity contribution is -0.132. The third-order valence-corrected chi connectivity index (χ3v) is 6.16. The molecule has 0 spiro atoms. The second-order valence-electron chi connectivity index (χ2n) is 7.59. The lowest BCUT2D eigenvalue weighted by Crippen LogP contribution is -2.43. The van der Waals surface area contributed by atoms with E-state index in [0.717, 1.165) is 5.56 Å². The third-order valence-electron chi connectivity index (χ3n) is 5.21. The summed E-state index contributed by atoms with van der Waals surface area (Å²) in [6.45, 7) is 5.51. The van der Waals surface area contributed by atoms with Crippen LogP contribution in [0.4, 0.5) is 0 Å². The molecule has 2 aromatic rings. The van der Waals surface area contributed by atoms with Crippen LogP contribution in [0.2, 0.25) is 0 Å². The lowest BCUT2D eigenvalue weighted by atomic mass is 9.94. The molecule has 0 bridgehead atoms. The summed E-state index contributed by atoms with van der Waals surface area (Å²) in [6.07, 6.45) is 4.90. The molecule has 1 aromatic carbocycles. The van der Waals surface area contributed by atoms with E-state index in [-0.39, 0.29) is 23.8 Å². The molecule has 1 unspecified atom stereocenters. The highest BCUT2D eigenvalue weighted by Gasteiger charge is 2.29. The summed E-state index contributed by atoms with van der Waals surface area (Å²) < 4.78 is 0. The number of rotatable bonds is 6. The summed E-state index contributed by atoms with van der Waals surface area (Å²) in [4.78, 5) is 28.2. The number of hydrogen-bond donors (Lipinski definition) is 1. The van der Waals surface area contributed by atoms with Gasteiger partial charge in [0.05, 0.1) is 6.04 Å². The van der Waals surface area contributed by atoms with Crippen LogP contribution in [0.5, 0.6) is 0 Å². The molecule has 1 atom stereocenters. The minimum absolute atomic E-state index is 0.0151. The summed E-state index contributed by atoms with van der Waals surface area (Å²) >= 11 is 1.68. The van der Waals surface area contributed by atoms with E-state index in [2.05, 4.69) is 25.2 Å². The second-order valence-corrected chi connectivity index (χ2v) is 8.57. The molecule has 28 heavy (non-hydrogen) atoms. The van der Waals surface area contributed by atoms with Crippen LogP contribution in [0.1, 0.15) is 43.2 Å². The Morgan fingerprint density at radius 3 is 2.43 bits per heavy atom. The number of amides is 2. The smallest absolute Gasteiger partial charge is 0.246 e. The van der Waals surface area contributed by atoms with E-state index in [1.54, 1.807) is 17.4 Å². The Bertz CT molecular complexity index is 791. The van der Waals surface area contributed by atoms with Crippen LogP contribution in [0.25, 0.3) is 6.08 Å². The van der Waals surface area contributed by atoms with E-state index in [4.69, 9.17) is 0 Å². The van der Waals surface area contributed by atoms with Gasteiger partial charge in [-0.3, -0.25) is 9.59 Å². The molecule has 0 saturated carbocycles. The summed E-state index contributed by atoms with van der Waals surface area (Å²) in [5.74, 6) is 0.441. The number of nitrogens with one attached hydrogen (secondary N) is 1. The number of likely N-dealkylation sites (tertiary alicyclic amines) is 1. The van der Waals surface area contributed by atoms with Gasteiger partial charge < -0.3 is 10.2 Å². The Kier molecular flexibility index (Phi) is 7.04. The first-order chi connectivity index (χ1) is 13.5. The summed E-state index contributed by atoms with van der Waals surface area (Å²) in [7, 11) is 0.